The van der Waals surface area contributed by atoms with Gasteiger partial charge in [0.05, 0.1) is 6.54 Å². The molecule has 1 aromatic heterocycles. The average Bonchev–Trinajstić information content (AvgIpc) is 3.45. The van der Waals surface area contributed by atoms with Crippen LogP contribution in [0.3, 0.4) is 0 Å². The van der Waals surface area contributed by atoms with Gasteiger partial charge in [-0.05, 0) is 41.7 Å². The molecule has 162 valence electrons. The van der Waals surface area contributed by atoms with Crippen molar-refractivity contribution in [2.24, 2.45) is 5.92 Å². The van der Waals surface area contributed by atoms with E-state index in [4.69, 9.17) is 0 Å². The summed E-state index contributed by atoms with van der Waals surface area (Å²) < 4.78 is 28.4. The van der Waals surface area contributed by atoms with Gasteiger partial charge in [-0.3, -0.25) is 4.68 Å². The van der Waals surface area contributed by atoms with Gasteiger partial charge in [0.15, 0.2) is 11.6 Å². The highest BCUT2D eigenvalue weighted by molar-refractivity contribution is 5.73. The maximum absolute atomic E-state index is 13.5. The molecule has 2 amide bonds. The van der Waals surface area contributed by atoms with E-state index in [1.807, 2.05) is 40.0 Å². The van der Waals surface area contributed by atoms with E-state index in [0.717, 1.165) is 30.2 Å². The van der Waals surface area contributed by atoms with E-state index in [9.17, 15) is 13.6 Å². The van der Waals surface area contributed by atoms with Crippen LogP contribution < -0.4 is 15.5 Å². The summed E-state index contributed by atoms with van der Waals surface area (Å²) in [6.07, 6.45) is 4.54. The Bertz CT molecular complexity index is 1020. The second-order valence-corrected chi connectivity index (χ2v) is 7.79. The molecular weight excluding hydrogens is 400 g/mol. The number of hydrogen-bond donors (Lipinski definition) is 2. The SMILES string of the molecule is O=C(NCc1cccc(Cn2cccn2)c1)NCC1CCN(c2ccc(F)c(F)c2)C1. The van der Waals surface area contributed by atoms with Gasteiger partial charge in [-0.15, -0.1) is 0 Å². The van der Waals surface area contributed by atoms with Crippen LogP contribution in [0.2, 0.25) is 0 Å². The predicted molar refractivity (Wildman–Crippen MR) is 115 cm³/mol. The Morgan fingerprint density at radius 2 is 1.94 bits per heavy atom. The zero-order valence-electron chi connectivity index (χ0n) is 17.1. The van der Waals surface area contributed by atoms with Crippen molar-refractivity contribution in [3.8, 4) is 0 Å². The van der Waals surface area contributed by atoms with E-state index in [2.05, 4.69) is 21.8 Å². The van der Waals surface area contributed by atoms with Crippen LogP contribution in [0.1, 0.15) is 17.5 Å². The maximum Gasteiger partial charge on any atom is 0.315 e. The van der Waals surface area contributed by atoms with Gasteiger partial charge in [0.25, 0.3) is 0 Å². The summed E-state index contributed by atoms with van der Waals surface area (Å²) in [6, 6.07) is 13.7. The van der Waals surface area contributed by atoms with E-state index >= 15 is 0 Å². The lowest BCUT2D eigenvalue weighted by Gasteiger charge is -2.19. The summed E-state index contributed by atoms with van der Waals surface area (Å²) in [5.74, 6) is -1.42. The molecule has 1 unspecified atom stereocenters. The van der Waals surface area contributed by atoms with E-state index in [1.165, 1.54) is 6.07 Å². The maximum atomic E-state index is 13.5. The van der Waals surface area contributed by atoms with Crippen molar-refractivity contribution in [2.75, 3.05) is 24.5 Å². The minimum Gasteiger partial charge on any atom is -0.371 e. The normalized spacial score (nSPS) is 15.8. The summed E-state index contributed by atoms with van der Waals surface area (Å²) in [4.78, 5) is 14.2. The van der Waals surface area contributed by atoms with Crippen molar-refractivity contribution < 1.29 is 13.6 Å². The number of anilines is 1. The summed E-state index contributed by atoms with van der Waals surface area (Å²) in [5.41, 5.74) is 2.80. The number of carbonyl (C=O) groups excluding carboxylic acids is 1. The fraction of sp³-hybridized carbons (Fsp3) is 0.304. The van der Waals surface area contributed by atoms with Crippen LogP contribution >= 0.6 is 0 Å². The summed E-state index contributed by atoms with van der Waals surface area (Å²) in [6.45, 7) is 3.10. The molecular formula is C23H25F2N5O. The molecule has 8 heteroatoms. The Morgan fingerprint density at radius 1 is 1.06 bits per heavy atom. The fourth-order valence-electron chi connectivity index (χ4n) is 3.82. The first-order valence-corrected chi connectivity index (χ1v) is 10.3. The number of urea groups is 1. The third-order valence-corrected chi connectivity index (χ3v) is 5.45. The summed E-state index contributed by atoms with van der Waals surface area (Å²) >= 11 is 0. The molecule has 1 atom stereocenters. The molecule has 2 aromatic carbocycles. The van der Waals surface area contributed by atoms with Crippen LogP contribution in [0.25, 0.3) is 0 Å². The predicted octanol–water partition coefficient (Wildman–Crippen LogP) is 3.54. The van der Waals surface area contributed by atoms with Crippen molar-refractivity contribution in [3.63, 3.8) is 0 Å². The molecule has 0 spiro atoms. The van der Waals surface area contributed by atoms with Gasteiger partial charge in [-0.25, -0.2) is 13.6 Å². The molecule has 0 radical (unpaired) electrons. The molecule has 2 heterocycles. The first-order valence-electron chi connectivity index (χ1n) is 10.3. The van der Waals surface area contributed by atoms with E-state index < -0.39 is 11.6 Å². The quantitative estimate of drug-likeness (QED) is 0.609. The Balaban J connectivity index is 1.21. The van der Waals surface area contributed by atoms with E-state index in [0.29, 0.717) is 31.9 Å². The number of nitrogens with one attached hydrogen (secondary N) is 2. The Morgan fingerprint density at radius 3 is 2.74 bits per heavy atom. The topological polar surface area (TPSA) is 62.2 Å². The molecule has 31 heavy (non-hydrogen) atoms. The number of aromatic nitrogens is 2. The van der Waals surface area contributed by atoms with Crippen molar-refractivity contribution in [3.05, 3.63) is 83.7 Å². The average molecular weight is 425 g/mol. The minimum atomic E-state index is -0.843. The van der Waals surface area contributed by atoms with Crippen LogP contribution in [0.4, 0.5) is 19.3 Å². The van der Waals surface area contributed by atoms with Gasteiger partial charge in [0.2, 0.25) is 0 Å². The zero-order valence-corrected chi connectivity index (χ0v) is 17.1. The molecule has 0 saturated carbocycles. The highest BCUT2D eigenvalue weighted by Gasteiger charge is 2.23. The van der Waals surface area contributed by atoms with Gasteiger partial charge in [0.1, 0.15) is 0 Å². The summed E-state index contributed by atoms with van der Waals surface area (Å²) in [7, 11) is 0. The van der Waals surface area contributed by atoms with Crippen LogP contribution in [-0.4, -0.2) is 35.4 Å². The Kier molecular flexibility index (Phi) is 6.45. The van der Waals surface area contributed by atoms with Gasteiger partial charge in [-0.1, -0.05) is 24.3 Å². The molecule has 4 rings (SSSR count). The number of carbonyl (C=O) groups is 1. The number of rotatable bonds is 7. The number of benzene rings is 2. The van der Waals surface area contributed by atoms with Crippen LogP contribution in [0.15, 0.2) is 60.9 Å². The molecule has 1 saturated heterocycles. The van der Waals surface area contributed by atoms with E-state index in [1.54, 1.807) is 12.3 Å². The monoisotopic (exact) mass is 425 g/mol. The molecule has 1 aliphatic heterocycles. The van der Waals surface area contributed by atoms with Gasteiger partial charge >= 0.3 is 6.03 Å². The van der Waals surface area contributed by atoms with Gasteiger partial charge in [0, 0.05) is 50.3 Å². The number of nitrogens with zero attached hydrogens (tertiary/aromatic N) is 3. The van der Waals surface area contributed by atoms with Crippen molar-refractivity contribution in [1.82, 2.24) is 20.4 Å². The lowest BCUT2D eigenvalue weighted by Crippen LogP contribution is -2.38. The first-order chi connectivity index (χ1) is 15.1. The smallest absolute Gasteiger partial charge is 0.315 e. The highest BCUT2D eigenvalue weighted by Crippen LogP contribution is 2.25. The third kappa shape index (κ3) is 5.59. The lowest BCUT2D eigenvalue weighted by atomic mass is 10.1. The number of halogens is 2. The molecule has 3 aromatic rings. The molecule has 0 aliphatic carbocycles. The molecule has 1 fully saturated rings. The second-order valence-electron chi connectivity index (χ2n) is 7.79. The van der Waals surface area contributed by atoms with Crippen LogP contribution in [-0.2, 0) is 13.1 Å². The lowest BCUT2D eigenvalue weighted by molar-refractivity contribution is 0.239. The largest absolute Gasteiger partial charge is 0.371 e. The third-order valence-electron chi connectivity index (χ3n) is 5.45. The van der Waals surface area contributed by atoms with Gasteiger partial charge in [-0.2, -0.15) is 5.10 Å². The minimum absolute atomic E-state index is 0.219. The zero-order chi connectivity index (χ0) is 21.6. The molecule has 1 aliphatic rings. The molecule has 0 bridgehead atoms. The Hall–Kier alpha value is -3.42. The highest BCUT2D eigenvalue weighted by atomic mass is 19.2. The first kappa shape index (κ1) is 20.8. The van der Waals surface area contributed by atoms with E-state index in [-0.39, 0.29) is 11.9 Å². The van der Waals surface area contributed by atoms with Crippen LogP contribution in [0.5, 0.6) is 0 Å². The number of hydrogen-bond acceptors (Lipinski definition) is 3. The van der Waals surface area contributed by atoms with Gasteiger partial charge < -0.3 is 15.5 Å². The number of amides is 2. The molecule has 2 N–H and O–H groups in total. The Labute approximate surface area is 179 Å². The van der Waals surface area contributed by atoms with Crippen LogP contribution in [0, 0.1) is 17.6 Å². The fourth-order valence-corrected chi connectivity index (χ4v) is 3.82. The van der Waals surface area contributed by atoms with Crippen molar-refractivity contribution in [1.29, 1.82) is 0 Å². The van der Waals surface area contributed by atoms with Crippen molar-refractivity contribution >= 4 is 11.7 Å². The second kappa shape index (κ2) is 9.59. The standard InChI is InChI=1S/C23H25F2N5O/c24-21-6-5-20(12-22(21)25)29-10-7-19(15-29)14-27-23(31)26-13-17-3-1-4-18(11-17)16-30-9-2-8-28-30/h1-6,8-9,11-12,19H,7,10,13-16H2,(H2,26,27,31). The van der Waals surface area contributed by atoms with Crippen molar-refractivity contribution in [2.45, 2.75) is 19.5 Å². The molecule has 6 nitrogen and oxygen atoms in total. The summed E-state index contributed by atoms with van der Waals surface area (Å²) in [5, 5.41) is 10.0.